The Morgan fingerprint density at radius 1 is 1.25 bits per heavy atom. The van der Waals surface area contributed by atoms with Crippen LogP contribution in [0.3, 0.4) is 0 Å². The zero-order valence-corrected chi connectivity index (χ0v) is 18.2. The van der Waals surface area contributed by atoms with E-state index in [-0.39, 0.29) is 5.82 Å². The highest BCUT2D eigenvalue weighted by Crippen LogP contribution is 2.36. The predicted molar refractivity (Wildman–Crippen MR) is 114 cm³/mol. The van der Waals surface area contributed by atoms with Crippen LogP contribution >= 0.6 is 34.8 Å². The average Bonchev–Trinajstić information content (AvgIpc) is 3.06. The van der Waals surface area contributed by atoms with E-state index in [4.69, 9.17) is 39.5 Å². The first-order chi connectivity index (χ1) is 13.3. The minimum absolute atomic E-state index is 0.117. The third-order valence-corrected chi connectivity index (χ3v) is 5.37. The molecule has 1 unspecified atom stereocenters. The molecule has 2 aromatic rings. The molecule has 28 heavy (non-hydrogen) atoms. The summed E-state index contributed by atoms with van der Waals surface area (Å²) >= 11 is 18.1. The number of halogens is 3. The summed E-state index contributed by atoms with van der Waals surface area (Å²) in [5.74, 6) is 1.85. The number of hydrogen-bond acceptors (Lipinski definition) is 6. The molecule has 6 nitrogen and oxygen atoms in total. The maximum Gasteiger partial charge on any atom is 0.250 e. The molecular weight excluding hydrogens is 421 g/mol. The Balaban J connectivity index is 1.74. The van der Waals surface area contributed by atoms with Gasteiger partial charge >= 0.3 is 0 Å². The van der Waals surface area contributed by atoms with Gasteiger partial charge in [0.1, 0.15) is 11.6 Å². The molecule has 0 bridgehead atoms. The lowest BCUT2D eigenvalue weighted by molar-refractivity contribution is 0.301. The lowest BCUT2D eigenvalue weighted by atomic mass is 10.1. The summed E-state index contributed by atoms with van der Waals surface area (Å²) in [5.41, 5.74) is 0.999. The van der Waals surface area contributed by atoms with Crippen molar-refractivity contribution in [1.82, 2.24) is 19.9 Å². The van der Waals surface area contributed by atoms with Crippen LogP contribution in [0.4, 0.5) is 5.95 Å². The van der Waals surface area contributed by atoms with Gasteiger partial charge in [0.2, 0.25) is 9.74 Å². The summed E-state index contributed by atoms with van der Waals surface area (Å²) in [4.78, 5) is 15.5. The lowest BCUT2D eigenvalue weighted by Gasteiger charge is -2.19. The molecule has 1 aliphatic rings. The Hall–Kier alpha value is -1.34. The fourth-order valence-corrected chi connectivity index (χ4v) is 3.62. The van der Waals surface area contributed by atoms with Crippen molar-refractivity contribution in [3.05, 3.63) is 41.5 Å². The molecule has 1 aliphatic heterocycles. The Labute approximate surface area is 180 Å². The molecule has 1 N–H and O–H groups in total. The summed E-state index contributed by atoms with van der Waals surface area (Å²) in [6, 6.07) is 8.30. The standard InChI is InChI=1S/C19H24Cl3N5O/c1-27-10-4-6-14(27)8-9-23-18-25-16(24-17(26-18)19(20,21)22)12-13-5-3-7-15(11-13)28-2/h3,5,7,11,14H,4,6,8-10,12H2,1-2H3,(H,23,24,25,26). The molecule has 1 aromatic heterocycles. The number of anilines is 1. The summed E-state index contributed by atoms with van der Waals surface area (Å²) in [5, 5.41) is 3.26. The second kappa shape index (κ2) is 9.44. The first kappa shape index (κ1) is 21.4. The summed E-state index contributed by atoms with van der Waals surface area (Å²) in [6.45, 7) is 1.90. The normalized spacial score (nSPS) is 17.7. The van der Waals surface area contributed by atoms with E-state index >= 15 is 0 Å². The van der Waals surface area contributed by atoms with Gasteiger partial charge < -0.3 is 15.0 Å². The molecule has 0 amide bonds. The SMILES string of the molecule is COc1cccc(Cc2nc(NCCC3CCCN3C)nc(C(Cl)(Cl)Cl)n2)c1. The van der Waals surface area contributed by atoms with E-state index in [0.717, 1.165) is 30.8 Å². The van der Waals surface area contributed by atoms with E-state index in [1.807, 2.05) is 24.3 Å². The first-order valence-corrected chi connectivity index (χ1v) is 10.4. The Bertz CT molecular complexity index is 799. The average molecular weight is 445 g/mol. The number of alkyl halides is 3. The quantitative estimate of drug-likeness (QED) is 0.646. The van der Waals surface area contributed by atoms with Crippen molar-refractivity contribution in [2.75, 3.05) is 32.6 Å². The lowest BCUT2D eigenvalue weighted by Crippen LogP contribution is -2.27. The van der Waals surface area contributed by atoms with Crippen LogP contribution in [0.5, 0.6) is 5.75 Å². The second-order valence-electron chi connectivity index (χ2n) is 6.92. The molecule has 0 saturated carbocycles. The topological polar surface area (TPSA) is 63.2 Å². The number of aromatic nitrogens is 3. The van der Waals surface area contributed by atoms with Gasteiger partial charge in [-0.2, -0.15) is 9.97 Å². The zero-order valence-electron chi connectivity index (χ0n) is 16.0. The van der Waals surface area contributed by atoms with Crippen molar-refractivity contribution in [3.8, 4) is 5.75 Å². The van der Waals surface area contributed by atoms with Crippen molar-refractivity contribution in [2.45, 2.75) is 35.5 Å². The van der Waals surface area contributed by atoms with Gasteiger partial charge in [0.25, 0.3) is 0 Å². The monoisotopic (exact) mass is 443 g/mol. The van der Waals surface area contributed by atoms with Crippen molar-refractivity contribution in [3.63, 3.8) is 0 Å². The Morgan fingerprint density at radius 2 is 2.07 bits per heavy atom. The molecule has 1 atom stereocenters. The van der Waals surface area contributed by atoms with Crippen molar-refractivity contribution < 1.29 is 4.74 Å². The Morgan fingerprint density at radius 3 is 2.75 bits per heavy atom. The summed E-state index contributed by atoms with van der Waals surface area (Å²) in [6.07, 6.45) is 3.95. The third-order valence-electron chi connectivity index (χ3n) is 4.86. The highest BCUT2D eigenvalue weighted by molar-refractivity contribution is 6.66. The molecule has 152 valence electrons. The van der Waals surface area contributed by atoms with E-state index in [9.17, 15) is 0 Å². The van der Waals surface area contributed by atoms with Crippen molar-refractivity contribution in [2.24, 2.45) is 0 Å². The minimum atomic E-state index is -1.71. The van der Waals surface area contributed by atoms with Crippen molar-refractivity contribution >= 4 is 40.8 Å². The highest BCUT2D eigenvalue weighted by Gasteiger charge is 2.28. The fraction of sp³-hybridized carbons (Fsp3) is 0.526. The zero-order chi connectivity index (χ0) is 20.1. The van der Waals surface area contributed by atoms with E-state index in [1.165, 1.54) is 12.8 Å². The number of benzene rings is 1. The van der Waals surface area contributed by atoms with E-state index in [1.54, 1.807) is 7.11 Å². The van der Waals surface area contributed by atoms with Gasteiger partial charge in [-0.1, -0.05) is 46.9 Å². The molecule has 1 aromatic carbocycles. The second-order valence-corrected chi connectivity index (χ2v) is 9.20. The first-order valence-electron chi connectivity index (χ1n) is 9.24. The molecule has 2 heterocycles. The van der Waals surface area contributed by atoms with Crippen LogP contribution in [-0.4, -0.2) is 53.1 Å². The van der Waals surface area contributed by atoms with Crippen LogP contribution < -0.4 is 10.1 Å². The van der Waals surface area contributed by atoms with Gasteiger partial charge in [-0.15, -0.1) is 0 Å². The summed E-state index contributed by atoms with van der Waals surface area (Å²) < 4.78 is 3.56. The van der Waals surface area contributed by atoms with Gasteiger partial charge in [-0.3, -0.25) is 0 Å². The number of methoxy groups -OCH3 is 1. The van der Waals surface area contributed by atoms with Crippen LogP contribution in [0.1, 0.15) is 36.5 Å². The van der Waals surface area contributed by atoms with Gasteiger partial charge in [-0.05, 0) is 50.6 Å². The van der Waals surface area contributed by atoms with Crippen LogP contribution in [0.2, 0.25) is 0 Å². The molecule has 0 spiro atoms. The fourth-order valence-electron chi connectivity index (χ4n) is 3.36. The maximum atomic E-state index is 6.03. The van der Waals surface area contributed by atoms with Crippen LogP contribution in [-0.2, 0) is 10.2 Å². The van der Waals surface area contributed by atoms with Crippen LogP contribution in [0.15, 0.2) is 24.3 Å². The van der Waals surface area contributed by atoms with Crippen LogP contribution in [0.25, 0.3) is 0 Å². The molecule has 0 radical (unpaired) electrons. The highest BCUT2D eigenvalue weighted by atomic mass is 35.6. The third kappa shape index (κ3) is 5.83. The molecule has 0 aliphatic carbocycles. The number of hydrogen-bond donors (Lipinski definition) is 1. The molecule has 3 rings (SSSR count). The number of rotatable bonds is 7. The van der Waals surface area contributed by atoms with E-state index in [0.29, 0.717) is 24.2 Å². The number of ether oxygens (including phenoxy) is 1. The molecule has 1 fully saturated rings. The smallest absolute Gasteiger partial charge is 0.250 e. The van der Waals surface area contributed by atoms with Gasteiger partial charge in [-0.25, -0.2) is 4.98 Å². The van der Waals surface area contributed by atoms with Crippen molar-refractivity contribution in [1.29, 1.82) is 0 Å². The Kier molecular flexibility index (Phi) is 7.20. The van der Waals surface area contributed by atoms with E-state index in [2.05, 4.69) is 32.2 Å². The van der Waals surface area contributed by atoms with Gasteiger partial charge in [0.05, 0.1) is 7.11 Å². The predicted octanol–water partition coefficient (Wildman–Crippen LogP) is 4.19. The largest absolute Gasteiger partial charge is 0.497 e. The number of nitrogens with zero attached hydrogens (tertiary/aromatic N) is 4. The molecular formula is C19H24Cl3N5O. The van der Waals surface area contributed by atoms with Crippen LogP contribution in [0, 0.1) is 0 Å². The minimum Gasteiger partial charge on any atom is -0.497 e. The number of likely N-dealkylation sites (tertiary alicyclic amines) is 1. The van der Waals surface area contributed by atoms with Gasteiger partial charge in [0.15, 0.2) is 5.82 Å². The van der Waals surface area contributed by atoms with E-state index < -0.39 is 3.79 Å². The molecule has 1 saturated heterocycles. The summed E-state index contributed by atoms with van der Waals surface area (Å²) in [7, 11) is 3.79. The number of nitrogens with one attached hydrogen (secondary N) is 1. The molecule has 9 heteroatoms. The van der Waals surface area contributed by atoms with Gasteiger partial charge in [0, 0.05) is 19.0 Å². The maximum absolute atomic E-state index is 6.03.